The van der Waals surface area contributed by atoms with Crippen LogP contribution in [0.5, 0.6) is 0 Å². The van der Waals surface area contributed by atoms with Gasteiger partial charge in [-0.15, -0.1) is 0 Å². The molecule has 0 aromatic heterocycles. The molecule has 0 aromatic rings. The van der Waals surface area contributed by atoms with Crippen LogP contribution in [0.3, 0.4) is 0 Å². The van der Waals surface area contributed by atoms with Crippen molar-refractivity contribution in [3.05, 3.63) is 146 Å². The van der Waals surface area contributed by atoms with Crippen LogP contribution in [0.4, 0.5) is 0 Å². The average Bonchev–Trinajstić information content (AvgIpc) is 3.36. The van der Waals surface area contributed by atoms with Gasteiger partial charge in [0.15, 0.2) is 6.10 Å². The molecular weight excluding hydrogens is 865 g/mol. The molecule has 0 radical (unpaired) electrons. The molecule has 0 fully saturated rings. The highest BCUT2D eigenvalue weighted by Crippen LogP contribution is 2.12. The van der Waals surface area contributed by atoms with Crippen LogP contribution < -0.4 is 0 Å². The van der Waals surface area contributed by atoms with E-state index in [1.54, 1.807) is 0 Å². The molecule has 6 heteroatoms. The van der Waals surface area contributed by atoms with Gasteiger partial charge in [-0.2, -0.15) is 0 Å². The number of ether oxygens (including phenoxy) is 3. The number of rotatable bonds is 48. The van der Waals surface area contributed by atoms with Gasteiger partial charge in [-0.05, 0) is 128 Å². The molecule has 0 rings (SSSR count). The van der Waals surface area contributed by atoms with E-state index in [9.17, 15) is 14.4 Å². The summed E-state index contributed by atoms with van der Waals surface area (Å²) in [6.45, 7) is 6.30. The number of unbranched alkanes of at least 4 members (excludes halogenated alkanes) is 13. The van der Waals surface area contributed by atoms with Gasteiger partial charge >= 0.3 is 17.9 Å². The van der Waals surface area contributed by atoms with Crippen molar-refractivity contribution in [1.82, 2.24) is 0 Å². The predicted molar refractivity (Wildman–Crippen MR) is 302 cm³/mol. The van der Waals surface area contributed by atoms with E-state index >= 15 is 0 Å². The topological polar surface area (TPSA) is 78.9 Å². The minimum absolute atomic E-state index is 0.112. The lowest BCUT2D eigenvalue weighted by atomic mass is 10.1. The number of hydrogen-bond donors (Lipinski definition) is 0. The maximum absolute atomic E-state index is 12.8. The monoisotopic (exact) mass is 965 g/mol. The predicted octanol–water partition coefficient (Wildman–Crippen LogP) is 18.8. The summed E-state index contributed by atoms with van der Waals surface area (Å²) in [5.74, 6) is -1.01. The van der Waals surface area contributed by atoms with E-state index in [0.29, 0.717) is 19.3 Å². The second-order valence-corrected chi connectivity index (χ2v) is 17.7. The Morgan fingerprint density at radius 1 is 0.300 bits per heavy atom. The van der Waals surface area contributed by atoms with Gasteiger partial charge in [0.1, 0.15) is 13.2 Å². The first kappa shape index (κ1) is 65.3. The molecule has 0 saturated heterocycles. The standard InChI is InChI=1S/C64H100O6/c1-4-7-10-13-16-19-22-24-25-26-27-28-29-30-31-32-33-34-35-36-37-38-39-41-42-45-48-51-54-57-63(66)69-60-61(59-68-62(65)56-53-50-47-44-21-18-15-12-9-6-3)70-64(67)58-55-52-49-46-43-40-23-20-17-14-11-8-5-2/h7,10-12,14-16,19-20,23-25,27-28,30-31,33-34,36-37,39,41,45,48,61H,4-6,8-9,13,17-18,21-22,26,29,32,35,38,40,42-44,46-47,49-60H2,1-3H3/b10-7-,14-11-,15-12-,19-16-,23-20-,25-24-,28-27-,31-30-,34-33-,37-36-,41-39-,48-45-. The number of carbonyl (C=O) groups excluding carboxylic acids is 3. The minimum Gasteiger partial charge on any atom is -0.462 e. The van der Waals surface area contributed by atoms with Crippen LogP contribution in [0.1, 0.15) is 220 Å². The van der Waals surface area contributed by atoms with Crippen molar-refractivity contribution in [2.45, 2.75) is 226 Å². The van der Waals surface area contributed by atoms with Crippen molar-refractivity contribution in [2.75, 3.05) is 13.2 Å². The molecule has 392 valence electrons. The van der Waals surface area contributed by atoms with Gasteiger partial charge in [0.25, 0.3) is 0 Å². The Bertz CT molecular complexity index is 1580. The molecule has 0 heterocycles. The fourth-order valence-corrected chi connectivity index (χ4v) is 6.89. The zero-order chi connectivity index (χ0) is 50.7. The SMILES string of the molecule is CC/C=C\C/C=C\C/C=C\C/C=C\C/C=C\C/C=C\C/C=C\C/C=C\C/C=C\CCCC(=O)OCC(COC(=O)CCCCCCC/C=C\CCC)OC(=O)CCCCCCC/C=C\C/C=C\CCC. The Morgan fingerprint density at radius 2 is 0.571 bits per heavy atom. The fourth-order valence-electron chi connectivity index (χ4n) is 6.89. The smallest absolute Gasteiger partial charge is 0.306 e. The first-order valence-electron chi connectivity index (χ1n) is 27.8. The summed E-state index contributed by atoms with van der Waals surface area (Å²) in [5.41, 5.74) is 0. The van der Waals surface area contributed by atoms with Crippen molar-refractivity contribution >= 4 is 17.9 Å². The first-order valence-corrected chi connectivity index (χ1v) is 27.8. The molecule has 0 aliphatic carbocycles. The minimum atomic E-state index is -0.817. The number of allylic oxidation sites excluding steroid dienone is 24. The Morgan fingerprint density at radius 3 is 0.957 bits per heavy atom. The van der Waals surface area contributed by atoms with Crippen LogP contribution in [-0.4, -0.2) is 37.2 Å². The molecule has 70 heavy (non-hydrogen) atoms. The number of carbonyl (C=O) groups is 3. The fraction of sp³-hybridized carbons (Fsp3) is 0.578. The Labute approximate surface area is 429 Å². The van der Waals surface area contributed by atoms with E-state index in [-0.39, 0.29) is 37.5 Å². The van der Waals surface area contributed by atoms with Gasteiger partial charge in [0, 0.05) is 19.3 Å². The summed E-state index contributed by atoms with van der Waals surface area (Å²) in [6, 6.07) is 0. The molecule has 1 atom stereocenters. The van der Waals surface area contributed by atoms with Crippen LogP contribution in [0.2, 0.25) is 0 Å². The molecule has 0 spiro atoms. The summed E-state index contributed by atoms with van der Waals surface area (Å²) in [4.78, 5) is 37.9. The molecule has 1 unspecified atom stereocenters. The third kappa shape index (κ3) is 54.2. The summed E-state index contributed by atoms with van der Waals surface area (Å²) in [7, 11) is 0. The second kappa shape index (κ2) is 56.9. The molecule has 6 nitrogen and oxygen atoms in total. The zero-order valence-electron chi connectivity index (χ0n) is 44.7. The average molecular weight is 965 g/mol. The normalized spacial score (nSPS) is 13.2. The van der Waals surface area contributed by atoms with Crippen molar-refractivity contribution < 1.29 is 28.6 Å². The van der Waals surface area contributed by atoms with Crippen LogP contribution in [0.25, 0.3) is 0 Å². The first-order chi connectivity index (χ1) is 34.5. The Hall–Kier alpha value is -4.71. The molecule has 0 amide bonds. The molecule has 0 aliphatic rings. The lowest BCUT2D eigenvalue weighted by Crippen LogP contribution is -2.30. The molecule has 0 saturated carbocycles. The van der Waals surface area contributed by atoms with Crippen molar-refractivity contribution in [1.29, 1.82) is 0 Å². The Kier molecular flexibility index (Phi) is 53.0. The molecule has 0 aliphatic heterocycles. The molecule has 0 N–H and O–H groups in total. The molecule has 0 bridgehead atoms. The van der Waals surface area contributed by atoms with Gasteiger partial charge in [0.2, 0.25) is 0 Å². The largest absolute Gasteiger partial charge is 0.462 e. The Balaban J connectivity index is 4.40. The van der Waals surface area contributed by atoms with Crippen LogP contribution in [0.15, 0.2) is 146 Å². The zero-order valence-corrected chi connectivity index (χ0v) is 44.7. The van der Waals surface area contributed by atoms with Crippen LogP contribution in [0, 0.1) is 0 Å². The quantitative estimate of drug-likeness (QED) is 0.0262. The highest BCUT2D eigenvalue weighted by Gasteiger charge is 2.19. The summed E-state index contributed by atoms with van der Waals surface area (Å²) in [6.07, 6.45) is 81.4. The van der Waals surface area contributed by atoms with E-state index < -0.39 is 6.10 Å². The van der Waals surface area contributed by atoms with Gasteiger partial charge in [-0.25, -0.2) is 0 Å². The summed E-state index contributed by atoms with van der Waals surface area (Å²) < 4.78 is 16.7. The van der Waals surface area contributed by atoms with Gasteiger partial charge in [-0.1, -0.05) is 218 Å². The van der Waals surface area contributed by atoms with Crippen molar-refractivity contribution in [2.24, 2.45) is 0 Å². The highest BCUT2D eigenvalue weighted by molar-refractivity contribution is 5.71. The number of hydrogen-bond acceptors (Lipinski definition) is 6. The molecule has 0 aromatic carbocycles. The third-order valence-electron chi connectivity index (χ3n) is 11.0. The van der Waals surface area contributed by atoms with Crippen LogP contribution in [-0.2, 0) is 28.6 Å². The van der Waals surface area contributed by atoms with E-state index in [1.807, 2.05) is 0 Å². The highest BCUT2D eigenvalue weighted by atomic mass is 16.6. The van der Waals surface area contributed by atoms with E-state index in [1.165, 1.54) is 19.3 Å². The van der Waals surface area contributed by atoms with Gasteiger partial charge in [-0.3, -0.25) is 14.4 Å². The lowest BCUT2D eigenvalue weighted by Gasteiger charge is -2.18. The van der Waals surface area contributed by atoms with Gasteiger partial charge < -0.3 is 14.2 Å². The third-order valence-corrected chi connectivity index (χ3v) is 11.0. The second-order valence-electron chi connectivity index (χ2n) is 17.7. The van der Waals surface area contributed by atoms with E-state index in [0.717, 1.165) is 154 Å². The lowest BCUT2D eigenvalue weighted by molar-refractivity contribution is -0.167. The van der Waals surface area contributed by atoms with Crippen molar-refractivity contribution in [3.8, 4) is 0 Å². The van der Waals surface area contributed by atoms with E-state index in [4.69, 9.17) is 14.2 Å². The van der Waals surface area contributed by atoms with E-state index in [2.05, 4.69) is 167 Å². The van der Waals surface area contributed by atoms with Gasteiger partial charge in [0.05, 0.1) is 0 Å². The summed E-state index contributed by atoms with van der Waals surface area (Å²) in [5, 5.41) is 0. The van der Waals surface area contributed by atoms with Crippen LogP contribution >= 0.6 is 0 Å². The molecular formula is C64H100O6. The maximum atomic E-state index is 12.8. The summed E-state index contributed by atoms with van der Waals surface area (Å²) >= 11 is 0. The maximum Gasteiger partial charge on any atom is 0.306 e. The van der Waals surface area contributed by atoms with Crippen molar-refractivity contribution in [3.63, 3.8) is 0 Å². The number of esters is 3.